The minimum absolute atomic E-state index is 0.130. The van der Waals surface area contributed by atoms with Gasteiger partial charge in [-0.15, -0.1) is 0 Å². The van der Waals surface area contributed by atoms with Gasteiger partial charge in [-0.2, -0.15) is 0 Å². The summed E-state index contributed by atoms with van der Waals surface area (Å²) in [5.41, 5.74) is 5.25. The molecule has 0 atom stereocenters. The van der Waals surface area contributed by atoms with Crippen LogP contribution in [0.5, 0.6) is 0 Å². The van der Waals surface area contributed by atoms with Crippen molar-refractivity contribution in [1.82, 2.24) is 0 Å². The maximum atomic E-state index is 12.6. The highest BCUT2D eigenvalue weighted by Crippen LogP contribution is 2.31. The van der Waals surface area contributed by atoms with Gasteiger partial charge in [-0.3, -0.25) is 4.79 Å². The van der Waals surface area contributed by atoms with Crippen molar-refractivity contribution < 1.29 is 13.6 Å². The van der Waals surface area contributed by atoms with Gasteiger partial charge in [0.05, 0.1) is 0 Å². The number of hydrogen-bond donors (Lipinski definition) is 1. The molecular formula is C25H25NO4. The summed E-state index contributed by atoms with van der Waals surface area (Å²) in [5.74, 6) is 0.721. The van der Waals surface area contributed by atoms with Crippen LogP contribution < -0.4 is 10.9 Å². The van der Waals surface area contributed by atoms with E-state index in [1.54, 1.807) is 6.07 Å². The summed E-state index contributed by atoms with van der Waals surface area (Å²) >= 11 is 0. The van der Waals surface area contributed by atoms with Crippen molar-refractivity contribution in [3.8, 4) is 0 Å². The average Bonchev–Trinajstić information content (AvgIpc) is 3.00. The molecule has 0 aliphatic rings. The van der Waals surface area contributed by atoms with E-state index in [9.17, 15) is 9.59 Å². The zero-order valence-electron chi connectivity index (χ0n) is 17.7. The maximum Gasteiger partial charge on any atom is 0.339 e. The molecule has 1 N–H and O–H groups in total. The van der Waals surface area contributed by atoms with E-state index in [0.717, 1.165) is 39.8 Å². The number of benzene rings is 2. The number of furan rings is 1. The minimum atomic E-state index is -0.403. The third kappa shape index (κ3) is 3.63. The van der Waals surface area contributed by atoms with Gasteiger partial charge in [-0.05, 0) is 68.5 Å². The van der Waals surface area contributed by atoms with Gasteiger partial charge in [-0.25, -0.2) is 4.79 Å². The molecule has 2 heterocycles. The van der Waals surface area contributed by atoms with E-state index in [1.165, 1.54) is 5.56 Å². The van der Waals surface area contributed by atoms with E-state index < -0.39 is 5.63 Å². The lowest BCUT2D eigenvalue weighted by molar-refractivity contribution is -0.116. The Morgan fingerprint density at radius 3 is 2.30 bits per heavy atom. The van der Waals surface area contributed by atoms with Crippen LogP contribution >= 0.6 is 0 Å². The highest BCUT2D eigenvalue weighted by molar-refractivity contribution is 5.97. The lowest BCUT2D eigenvalue weighted by Crippen LogP contribution is -2.16. The molecule has 0 spiro atoms. The van der Waals surface area contributed by atoms with Crippen LogP contribution in [0.15, 0.2) is 50.0 Å². The van der Waals surface area contributed by atoms with Gasteiger partial charge in [0.15, 0.2) is 0 Å². The van der Waals surface area contributed by atoms with Crippen molar-refractivity contribution in [3.05, 3.63) is 74.8 Å². The molecule has 0 aliphatic heterocycles. The Balaban J connectivity index is 1.58. The number of anilines is 1. The highest BCUT2D eigenvalue weighted by Gasteiger charge is 2.16. The molecule has 2 aromatic heterocycles. The summed E-state index contributed by atoms with van der Waals surface area (Å²) in [6.45, 7) is 7.93. The molecule has 5 nitrogen and oxygen atoms in total. The zero-order valence-corrected chi connectivity index (χ0v) is 17.7. The van der Waals surface area contributed by atoms with Crippen LogP contribution in [0.4, 0.5) is 5.69 Å². The molecule has 0 fully saturated rings. The predicted octanol–water partition coefficient (Wildman–Crippen LogP) is 5.60. The summed E-state index contributed by atoms with van der Waals surface area (Å²) in [6.07, 6.45) is 1.48. The van der Waals surface area contributed by atoms with E-state index in [2.05, 4.69) is 12.2 Å². The molecule has 5 heteroatoms. The summed E-state index contributed by atoms with van der Waals surface area (Å²) in [7, 11) is 0. The molecule has 0 radical (unpaired) electrons. The van der Waals surface area contributed by atoms with Gasteiger partial charge in [0, 0.05) is 34.5 Å². The van der Waals surface area contributed by atoms with Crippen molar-refractivity contribution in [2.75, 3.05) is 5.32 Å². The third-order valence-corrected chi connectivity index (χ3v) is 5.83. The quantitative estimate of drug-likeness (QED) is 0.440. The molecule has 154 valence electrons. The second-order valence-corrected chi connectivity index (χ2v) is 7.72. The second-order valence-electron chi connectivity index (χ2n) is 7.72. The smallest absolute Gasteiger partial charge is 0.339 e. The fourth-order valence-corrected chi connectivity index (χ4v) is 3.80. The average molecular weight is 403 g/mol. The van der Waals surface area contributed by atoms with Crippen LogP contribution in [-0.2, 0) is 17.6 Å². The molecule has 0 saturated heterocycles. The molecule has 1 amide bonds. The Kier molecular flexibility index (Phi) is 5.20. The molecular weight excluding hydrogens is 378 g/mol. The summed E-state index contributed by atoms with van der Waals surface area (Å²) in [6, 6.07) is 11.6. The van der Waals surface area contributed by atoms with Crippen LogP contribution in [0, 0.1) is 20.8 Å². The van der Waals surface area contributed by atoms with Crippen LogP contribution in [0.2, 0.25) is 0 Å². The first kappa shape index (κ1) is 20.0. The number of hydrogen-bond acceptors (Lipinski definition) is 4. The van der Waals surface area contributed by atoms with E-state index in [1.807, 2.05) is 51.1 Å². The van der Waals surface area contributed by atoms with Crippen molar-refractivity contribution >= 4 is 33.5 Å². The van der Waals surface area contributed by atoms with Gasteiger partial charge < -0.3 is 14.2 Å². The number of carbonyl (C=O) groups is 1. The van der Waals surface area contributed by atoms with E-state index in [-0.39, 0.29) is 12.3 Å². The SMILES string of the molecule is CCc1ccc(NC(=O)CCc2c(C)c3cc4c(C)c(C)oc4cc3oc2=O)cc1. The van der Waals surface area contributed by atoms with Gasteiger partial charge in [0.25, 0.3) is 0 Å². The number of rotatable bonds is 5. The molecule has 0 aliphatic carbocycles. The Morgan fingerprint density at radius 1 is 0.933 bits per heavy atom. The third-order valence-electron chi connectivity index (χ3n) is 5.83. The van der Waals surface area contributed by atoms with Gasteiger partial charge in [0.2, 0.25) is 5.91 Å². The number of nitrogens with one attached hydrogen (secondary N) is 1. The standard InChI is InChI=1S/C25H25NO4/c1-5-17-6-8-18(9-7-17)26-24(27)11-10-19-15(3)21-12-20-14(2)16(4)29-22(20)13-23(21)30-25(19)28/h6-9,12-13H,5,10-11H2,1-4H3,(H,26,27). The van der Waals surface area contributed by atoms with E-state index in [0.29, 0.717) is 23.2 Å². The fraction of sp³-hybridized carbons (Fsp3) is 0.280. The molecule has 4 rings (SSSR count). The van der Waals surface area contributed by atoms with Gasteiger partial charge in [0.1, 0.15) is 16.9 Å². The first-order chi connectivity index (χ1) is 14.4. The normalized spacial score (nSPS) is 11.3. The summed E-state index contributed by atoms with van der Waals surface area (Å²) in [5, 5.41) is 4.77. The van der Waals surface area contributed by atoms with Crippen LogP contribution in [-0.4, -0.2) is 5.91 Å². The zero-order chi connectivity index (χ0) is 21.4. The predicted molar refractivity (Wildman–Crippen MR) is 119 cm³/mol. The van der Waals surface area contributed by atoms with E-state index in [4.69, 9.17) is 8.83 Å². The molecule has 4 aromatic rings. The van der Waals surface area contributed by atoms with Crippen LogP contribution in [0.3, 0.4) is 0 Å². The van der Waals surface area contributed by atoms with Crippen molar-refractivity contribution in [3.63, 3.8) is 0 Å². The number of fused-ring (bicyclic) bond motifs is 2. The van der Waals surface area contributed by atoms with E-state index >= 15 is 0 Å². The number of amides is 1. The van der Waals surface area contributed by atoms with Crippen LogP contribution in [0.1, 0.15) is 41.4 Å². The minimum Gasteiger partial charge on any atom is -0.461 e. The molecule has 0 bridgehead atoms. The second kappa shape index (κ2) is 7.82. The van der Waals surface area contributed by atoms with Crippen molar-refractivity contribution in [2.45, 2.75) is 47.0 Å². The maximum absolute atomic E-state index is 12.6. The fourth-order valence-electron chi connectivity index (χ4n) is 3.80. The topological polar surface area (TPSA) is 72.5 Å². The first-order valence-corrected chi connectivity index (χ1v) is 10.2. The lowest BCUT2D eigenvalue weighted by atomic mass is 10.0. The highest BCUT2D eigenvalue weighted by atomic mass is 16.4. The Hall–Kier alpha value is -3.34. The first-order valence-electron chi connectivity index (χ1n) is 10.2. The molecule has 30 heavy (non-hydrogen) atoms. The number of aryl methyl sites for hydroxylation is 4. The Labute approximate surface area is 174 Å². The Bertz CT molecular complexity index is 1310. The number of carbonyl (C=O) groups excluding carboxylic acids is 1. The molecule has 0 saturated carbocycles. The largest absolute Gasteiger partial charge is 0.461 e. The monoisotopic (exact) mass is 403 g/mol. The summed E-state index contributed by atoms with van der Waals surface area (Å²) in [4.78, 5) is 25.0. The van der Waals surface area contributed by atoms with Gasteiger partial charge >= 0.3 is 5.63 Å². The van der Waals surface area contributed by atoms with Gasteiger partial charge in [-0.1, -0.05) is 19.1 Å². The van der Waals surface area contributed by atoms with Crippen molar-refractivity contribution in [1.29, 1.82) is 0 Å². The summed E-state index contributed by atoms with van der Waals surface area (Å²) < 4.78 is 11.3. The van der Waals surface area contributed by atoms with Crippen LogP contribution in [0.25, 0.3) is 21.9 Å². The lowest BCUT2D eigenvalue weighted by Gasteiger charge is -2.09. The van der Waals surface area contributed by atoms with Crippen molar-refractivity contribution in [2.24, 2.45) is 0 Å². The Morgan fingerprint density at radius 2 is 1.60 bits per heavy atom. The molecule has 0 unspecified atom stereocenters. The molecule has 2 aromatic carbocycles.